The number of rotatable bonds is 4. The number of nitrogens with zero attached hydrogens (tertiary/aromatic N) is 1. The fourth-order valence-electron chi connectivity index (χ4n) is 3.00. The molecule has 1 N–H and O–H groups in total. The number of furan rings is 1. The van der Waals surface area contributed by atoms with Crippen LogP contribution in [0.2, 0.25) is 5.02 Å². The van der Waals surface area contributed by atoms with E-state index in [9.17, 15) is 14.4 Å². The van der Waals surface area contributed by atoms with Crippen LogP contribution in [0.3, 0.4) is 0 Å². The van der Waals surface area contributed by atoms with Gasteiger partial charge in [-0.15, -0.1) is 0 Å². The molecule has 4 amide bonds. The summed E-state index contributed by atoms with van der Waals surface area (Å²) in [5, 5.41) is 2.68. The number of imide groups is 2. The average molecular weight is 423 g/mol. The fourth-order valence-corrected chi connectivity index (χ4v) is 3.23. The van der Waals surface area contributed by atoms with E-state index in [-0.39, 0.29) is 11.3 Å². The van der Waals surface area contributed by atoms with Crippen molar-refractivity contribution in [2.75, 3.05) is 12.0 Å². The summed E-state index contributed by atoms with van der Waals surface area (Å²) in [5.41, 5.74) is 0.747. The van der Waals surface area contributed by atoms with Crippen molar-refractivity contribution in [1.29, 1.82) is 0 Å². The molecule has 0 bridgehead atoms. The van der Waals surface area contributed by atoms with Gasteiger partial charge in [0.05, 0.1) is 17.8 Å². The summed E-state index contributed by atoms with van der Waals surface area (Å²) < 4.78 is 10.8. The van der Waals surface area contributed by atoms with E-state index < -0.39 is 17.8 Å². The van der Waals surface area contributed by atoms with Gasteiger partial charge in [0.25, 0.3) is 11.8 Å². The zero-order valence-electron chi connectivity index (χ0n) is 15.7. The summed E-state index contributed by atoms with van der Waals surface area (Å²) in [6.45, 7) is 0. The summed E-state index contributed by atoms with van der Waals surface area (Å²) in [5.74, 6) is -0.236. The van der Waals surface area contributed by atoms with Crippen molar-refractivity contribution in [2.24, 2.45) is 0 Å². The van der Waals surface area contributed by atoms with Gasteiger partial charge in [-0.25, -0.2) is 9.69 Å². The summed E-state index contributed by atoms with van der Waals surface area (Å²) in [6.07, 6.45) is 1.29. The largest absolute Gasteiger partial charge is 0.497 e. The van der Waals surface area contributed by atoms with E-state index in [0.717, 1.165) is 4.90 Å². The van der Waals surface area contributed by atoms with Gasteiger partial charge in [0, 0.05) is 5.56 Å². The highest BCUT2D eigenvalue weighted by Crippen LogP contribution is 2.30. The molecule has 2 heterocycles. The third-order valence-electron chi connectivity index (χ3n) is 4.48. The van der Waals surface area contributed by atoms with E-state index >= 15 is 0 Å². The Morgan fingerprint density at radius 1 is 1.00 bits per heavy atom. The molecule has 1 saturated heterocycles. The van der Waals surface area contributed by atoms with Crippen LogP contribution in [0.25, 0.3) is 17.4 Å². The van der Waals surface area contributed by atoms with Crippen molar-refractivity contribution in [1.82, 2.24) is 5.32 Å². The minimum absolute atomic E-state index is 0.231. The number of benzene rings is 2. The van der Waals surface area contributed by atoms with Crippen molar-refractivity contribution in [2.45, 2.75) is 0 Å². The molecular formula is C22H15ClN2O5. The zero-order valence-corrected chi connectivity index (χ0v) is 16.5. The number of hydrogen-bond donors (Lipinski definition) is 1. The van der Waals surface area contributed by atoms with Crippen molar-refractivity contribution >= 4 is 41.2 Å². The maximum absolute atomic E-state index is 12.9. The predicted molar refractivity (Wildman–Crippen MR) is 111 cm³/mol. The van der Waals surface area contributed by atoms with Gasteiger partial charge < -0.3 is 9.15 Å². The van der Waals surface area contributed by atoms with Crippen molar-refractivity contribution < 1.29 is 23.5 Å². The molecule has 0 spiro atoms. The van der Waals surface area contributed by atoms with E-state index in [4.69, 9.17) is 20.8 Å². The Hall–Kier alpha value is -3.84. The maximum atomic E-state index is 12.9. The molecule has 0 unspecified atom stereocenters. The van der Waals surface area contributed by atoms with Crippen LogP contribution in [0.5, 0.6) is 5.75 Å². The molecule has 4 rings (SSSR count). The second-order valence-corrected chi connectivity index (χ2v) is 6.74. The summed E-state index contributed by atoms with van der Waals surface area (Å²) in [6, 6.07) is 15.9. The molecule has 2 aromatic carbocycles. The molecule has 1 aromatic heterocycles. The number of amides is 4. The second-order valence-electron chi connectivity index (χ2n) is 6.34. The van der Waals surface area contributed by atoms with Crippen LogP contribution < -0.4 is 15.0 Å². The number of anilines is 1. The van der Waals surface area contributed by atoms with E-state index in [1.807, 2.05) is 6.07 Å². The highest BCUT2D eigenvalue weighted by Gasteiger charge is 2.37. The quantitative estimate of drug-likeness (QED) is 0.501. The number of barbiturate groups is 1. The summed E-state index contributed by atoms with van der Waals surface area (Å²) >= 11 is 6.18. The standard InChI is InChI=1S/C22H15ClN2O5/c1-29-14-8-6-13(7-9-14)25-21(27)17(20(26)24-22(25)28)12-15-10-11-19(30-15)16-4-2-3-5-18(16)23/h2-12H,1H3,(H,24,26,28)/b17-12-. The number of halogens is 1. The Labute approximate surface area is 176 Å². The lowest BCUT2D eigenvalue weighted by atomic mass is 10.1. The SMILES string of the molecule is COc1ccc(N2C(=O)NC(=O)/C(=C/c3ccc(-c4ccccc4Cl)o3)C2=O)cc1. The van der Waals surface area contributed by atoms with Gasteiger partial charge in [-0.05, 0) is 54.6 Å². The zero-order chi connectivity index (χ0) is 21.3. The first-order valence-electron chi connectivity index (χ1n) is 8.88. The third kappa shape index (κ3) is 3.58. The first-order valence-corrected chi connectivity index (χ1v) is 9.26. The highest BCUT2D eigenvalue weighted by molar-refractivity contribution is 6.39. The van der Waals surface area contributed by atoms with Crippen molar-refractivity contribution in [3.05, 3.63) is 77.0 Å². The van der Waals surface area contributed by atoms with Gasteiger partial charge in [0.1, 0.15) is 22.8 Å². The van der Waals surface area contributed by atoms with Crippen molar-refractivity contribution in [3.8, 4) is 17.1 Å². The molecule has 0 aliphatic carbocycles. The first kappa shape index (κ1) is 19.5. The van der Waals surface area contributed by atoms with E-state index in [1.165, 1.54) is 13.2 Å². The van der Waals surface area contributed by atoms with Crippen LogP contribution in [0.1, 0.15) is 5.76 Å². The number of hydrogen-bond acceptors (Lipinski definition) is 5. The number of ether oxygens (including phenoxy) is 1. The minimum Gasteiger partial charge on any atom is -0.497 e. The smallest absolute Gasteiger partial charge is 0.335 e. The van der Waals surface area contributed by atoms with E-state index in [2.05, 4.69) is 5.32 Å². The van der Waals surface area contributed by atoms with Crippen LogP contribution in [0.4, 0.5) is 10.5 Å². The Morgan fingerprint density at radius 2 is 1.73 bits per heavy atom. The van der Waals surface area contributed by atoms with Gasteiger partial charge in [0.2, 0.25) is 0 Å². The molecule has 30 heavy (non-hydrogen) atoms. The van der Waals surface area contributed by atoms with Gasteiger partial charge in [0.15, 0.2) is 0 Å². The number of nitrogens with one attached hydrogen (secondary N) is 1. The second kappa shape index (κ2) is 7.88. The van der Waals surface area contributed by atoms with Crippen LogP contribution in [0.15, 0.2) is 70.7 Å². The van der Waals surface area contributed by atoms with Gasteiger partial charge in [-0.3, -0.25) is 14.9 Å². The maximum Gasteiger partial charge on any atom is 0.335 e. The lowest BCUT2D eigenvalue weighted by molar-refractivity contribution is -0.122. The van der Waals surface area contributed by atoms with E-state index in [1.54, 1.807) is 54.6 Å². The van der Waals surface area contributed by atoms with Crippen LogP contribution in [-0.2, 0) is 9.59 Å². The molecule has 3 aromatic rings. The predicted octanol–water partition coefficient (Wildman–Crippen LogP) is 4.28. The number of carbonyl (C=O) groups is 3. The van der Waals surface area contributed by atoms with E-state index in [0.29, 0.717) is 27.8 Å². The Balaban J connectivity index is 1.67. The van der Waals surface area contributed by atoms with Crippen LogP contribution in [0, 0.1) is 0 Å². The Bertz CT molecular complexity index is 1180. The van der Waals surface area contributed by atoms with Crippen LogP contribution >= 0.6 is 11.6 Å². The van der Waals surface area contributed by atoms with Gasteiger partial charge in [-0.1, -0.05) is 23.7 Å². The monoisotopic (exact) mass is 422 g/mol. The lowest BCUT2D eigenvalue weighted by Gasteiger charge is -2.26. The number of urea groups is 1. The number of carbonyl (C=O) groups excluding carboxylic acids is 3. The molecule has 7 nitrogen and oxygen atoms in total. The molecule has 0 saturated carbocycles. The minimum atomic E-state index is -0.830. The normalized spacial score (nSPS) is 15.5. The molecule has 150 valence electrons. The summed E-state index contributed by atoms with van der Waals surface area (Å²) in [4.78, 5) is 38.4. The average Bonchev–Trinajstić information content (AvgIpc) is 3.20. The molecule has 8 heteroatoms. The Kier molecular flexibility index (Phi) is 5.12. The van der Waals surface area contributed by atoms with Crippen LogP contribution in [-0.4, -0.2) is 25.0 Å². The number of methoxy groups -OCH3 is 1. The molecule has 0 atom stereocenters. The Morgan fingerprint density at radius 3 is 2.43 bits per heavy atom. The fraction of sp³-hybridized carbons (Fsp3) is 0.0455. The first-order chi connectivity index (χ1) is 14.5. The van der Waals surface area contributed by atoms with Gasteiger partial charge >= 0.3 is 6.03 Å². The summed E-state index contributed by atoms with van der Waals surface area (Å²) in [7, 11) is 1.51. The molecular weight excluding hydrogens is 408 g/mol. The molecule has 1 fully saturated rings. The molecule has 1 aliphatic heterocycles. The topological polar surface area (TPSA) is 88.8 Å². The lowest BCUT2D eigenvalue weighted by Crippen LogP contribution is -2.54. The van der Waals surface area contributed by atoms with Gasteiger partial charge in [-0.2, -0.15) is 0 Å². The van der Waals surface area contributed by atoms with Crippen molar-refractivity contribution in [3.63, 3.8) is 0 Å². The highest BCUT2D eigenvalue weighted by atomic mass is 35.5. The molecule has 0 radical (unpaired) electrons. The third-order valence-corrected chi connectivity index (χ3v) is 4.81. The molecule has 1 aliphatic rings.